The molecule has 1 unspecified atom stereocenters. The number of nitrogens with zero attached hydrogens (tertiary/aromatic N) is 2. The second-order valence-corrected chi connectivity index (χ2v) is 8.29. The molecule has 1 heterocycles. The highest BCUT2D eigenvalue weighted by Crippen LogP contribution is 2.37. The van der Waals surface area contributed by atoms with Crippen LogP contribution in [0.1, 0.15) is 78.8 Å². The van der Waals surface area contributed by atoms with Crippen molar-refractivity contribution in [2.75, 3.05) is 0 Å². The van der Waals surface area contributed by atoms with Crippen LogP contribution < -0.4 is 0 Å². The first-order chi connectivity index (χ1) is 14.0. The fraction of sp³-hybridized carbons (Fsp3) is 0.522. The van der Waals surface area contributed by atoms with Crippen molar-refractivity contribution in [2.24, 2.45) is 5.92 Å². The lowest BCUT2D eigenvalue weighted by Gasteiger charge is -2.20. The summed E-state index contributed by atoms with van der Waals surface area (Å²) >= 11 is 6.14. The minimum atomic E-state index is -0.728. The maximum absolute atomic E-state index is 11.8. The van der Waals surface area contributed by atoms with Crippen LogP contribution in [0.5, 0.6) is 0 Å². The van der Waals surface area contributed by atoms with E-state index in [0.717, 1.165) is 74.6 Å². The average Bonchev–Trinajstić information content (AvgIpc) is 3.33. The van der Waals surface area contributed by atoms with Crippen LogP contribution in [0, 0.1) is 5.92 Å². The number of carboxylic acid groups (broad SMARTS) is 1. The summed E-state index contributed by atoms with van der Waals surface area (Å²) in [6.07, 6.45) is 8.58. The number of aliphatic carboxylic acids is 1. The Morgan fingerprint density at radius 2 is 1.97 bits per heavy atom. The van der Waals surface area contributed by atoms with Crippen molar-refractivity contribution >= 4 is 23.9 Å². The summed E-state index contributed by atoms with van der Waals surface area (Å²) in [5.41, 5.74) is 2.42. The largest absolute Gasteiger partial charge is 0.481 e. The van der Waals surface area contributed by atoms with Gasteiger partial charge in [0.05, 0.1) is 5.92 Å². The summed E-state index contributed by atoms with van der Waals surface area (Å²) in [5, 5.41) is 9.98. The van der Waals surface area contributed by atoms with E-state index < -0.39 is 11.9 Å². The van der Waals surface area contributed by atoms with Crippen molar-refractivity contribution in [1.82, 2.24) is 9.55 Å². The smallest absolute Gasteiger partial charge is 0.311 e. The number of hydrogen-bond donors (Lipinski definition) is 1. The molecule has 0 bridgehead atoms. The fourth-order valence-electron chi connectivity index (χ4n) is 4.41. The fourth-order valence-corrected chi connectivity index (χ4v) is 4.65. The van der Waals surface area contributed by atoms with E-state index in [2.05, 4.69) is 11.9 Å². The van der Waals surface area contributed by atoms with Gasteiger partial charge in [0.15, 0.2) is 11.4 Å². The van der Waals surface area contributed by atoms with Gasteiger partial charge >= 0.3 is 5.97 Å². The minimum Gasteiger partial charge on any atom is -0.481 e. The highest BCUT2D eigenvalue weighted by Gasteiger charge is 2.31. The van der Waals surface area contributed by atoms with E-state index in [4.69, 9.17) is 11.6 Å². The van der Waals surface area contributed by atoms with Crippen molar-refractivity contribution in [1.29, 1.82) is 0 Å². The SMILES string of the molecule is CCCCc1nc(Cl)c(C=O)n1CCc1ccc(C(C(=O)O)C2CCCC2)cc1. The average molecular weight is 417 g/mol. The van der Waals surface area contributed by atoms with Crippen molar-refractivity contribution in [3.63, 3.8) is 0 Å². The molecule has 1 atom stereocenters. The molecule has 1 aliphatic carbocycles. The predicted molar refractivity (Wildman–Crippen MR) is 114 cm³/mol. The van der Waals surface area contributed by atoms with Crippen LogP contribution in [0.4, 0.5) is 0 Å². The van der Waals surface area contributed by atoms with Gasteiger partial charge < -0.3 is 9.67 Å². The van der Waals surface area contributed by atoms with Crippen molar-refractivity contribution < 1.29 is 14.7 Å². The Morgan fingerprint density at radius 3 is 2.55 bits per heavy atom. The number of rotatable bonds is 10. The third kappa shape index (κ3) is 5.08. The zero-order valence-corrected chi connectivity index (χ0v) is 17.7. The van der Waals surface area contributed by atoms with Gasteiger partial charge in [0.1, 0.15) is 11.5 Å². The number of benzene rings is 1. The summed E-state index contributed by atoms with van der Waals surface area (Å²) in [6, 6.07) is 7.91. The predicted octanol–water partition coefficient (Wildman–Crippen LogP) is 5.29. The maximum atomic E-state index is 11.8. The monoisotopic (exact) mass is 416 g/mol. The molecule has 5 nitrogen and oxygen atoms in total. The Kier molecular flexibility index (Phi) is 7.48. The summed E-state index contributed by atoms with van der Waals surface area (Å²) in [4.78, 5) is 27.6. The summed E-state index contributed by atoms with van der Waals surface area (Å²) in [5.74, 6) is -0.0549. The summed E-state index contributed by atoms with van der Waals surface area (Å²) in [7, 11) is 0. The molecule has 1 aromatic carbocycles. The number of aldehydes is 1. The Morgan fingerprint density at radius 1 is 1.28 bits per heavy atom. The molecule has 156 valence electrons. The number of unbranched alkanes of at least 4 members (excludes halogenated alkanes) is 1. The second kappa shape index (κ2) is 10.1. The highest BCUT2D eigenvalue weighted by atomic mass is 35.5. The molecule has 0 aliphatic heterocycles. The van der Waals surface area contributed by atoms with Crippen LogP contribution >= 0.6 is 11.6 Å². The van der Waals surface area contributed by atoms with Gasteiger partial charge in [0.25, 0.3) is 0 Å². The quantitative estimate of drug-likeness (QED) is 0.534. The van der Waals surface area contributed by atoms with Crippen LogP contribution in [0.2, 0.25) is 5.15 Å². The van der Waals surface area contributed by atoms with E-state index in [1.165, 1.54) is 0 Å². The molecular formula is C23H29ClN2O3. The number of carboxylic acids is 1. The number of aryl methyl sites for hydroxylation is 2. The summed E-state index contributed by atoms with van der Waals surface area (Å²) < 4.78 is 1.91. The molecule has 0 amide bonds. The summed E-state index contributed by atoms with van der Waals surface area (Å²) in [6.45, 7) is 2.74. The second-order valence-electron chi connectivity index (χ2n) is 7.93. The van der Waals surface area contributed by atoms with E-state index in [-0.39, 0.29) is 11.1 Å². The van der Waals surface area contributed by atoms with Crippen LogP contribution in [-0.2, 0) is 24.2 Å². The van der Waals surface area contributed by atoms with E-state index in [9.17, 15) is 14.7 Å². The Bertz CT molecular complexity index is 839. The number of carbonyl (C=O) groups is 2. The van der Waals surface area contributed by atoms with Crippen LogP contribution in [0.3, 0.4) is 0 Å². The van der Waals surface area contributed by atoms with Gasteiger partial charge in [-0.05, 0) is 42.7 Å². The lowest BCUT2D eigenvalue weighted by molar-refractivity contribution is -0.140. The molecule has 0 spiro atoms. The number of halogens is 1. The molecule has 0 radical (unpaired) electrons. The zero-order chi connectivity index (χ0) is 20.8. The number of carbonyl (C=O) groups excluding carboxylic acids is 1. The first kappa shape index (κ1) is 21.6. The Balaban J connectivity index is 1.72. The molecule has 1 aromatic heterocycles. The van der Waals surface area contributed by atoms with E-state index >= 15 is 0 Å². The molecule has 3 rings (SSSR count). The number of hydrogen-bond acceptors (Lipinski definition) is 3. The first-order valence-corrected chi connectivity index (χ1v) is 10.9. The maximum Gasteiger partial charge on any atom is 0.311 e. The van der Waals surface area contributed by atoms with Crippen molar-refractivity contribution in [3.8, 4) is 0 Å². The normalized spacial score (nSPS) is 15.5. The molecule has 0 saturated heterocycles. The highest BCUT2D eigenvalue weighted by molar-refractivity contribution is 6.31. The van der Waals surface area contributed by atoms with E-state index in [1.807, 2.05) is 28.8 Å². The molecule has 1 saturated carbocycles. The standard InChI is InChI=1S/C23H29ClN2O3/c1-2-3-8-20-25-22(24)19(15-27)26(20)14-13-16-9-11-18(12-10-16)21(23(28)29)17-6-4-5-7-17/h9-12,15,17,21H,2-8,13-14H2,1H3,(H,28,29). The third-order valence-electron chi connectivity index (χ3n) is 6.01. The van der Waals surface area contributed by atoms with Gasteiger partial charge in [0, 0.05) is 13.0 Å². The van der Waals surface area contributed by atoms with E-state index in [0.29, 0.717) is 12.2 Å². The van der Waals surface area contributed by atoms with Crippen LogP contribution in [-0.4, -0.2) is 26.9 Å². The Hall–Kier alpha value is -2.14. The number of imidazole rings is 1. The third-order valence-corrected chi connectivity index (χ3v) is 6.28. The molecular weight excluding hydrogens is 388 g/mol. The van der Waals surface area contributed by atoms with Gasteiger partial charge in [-0.2, -0.15) is 0 Å². The van der Waals surface area contributed by atoms with Crippen molar-refractivity contribution in [2.45, 2.75) is 70.8 Å². The van der Waals surface area contributed by atoms with Gasteiger partial charge in [-0.25, -0.2) is 4.98 Å². The lowest BCUT2D eigenvalue weighted by atomic mass is 9.84. The van der Waals surface area contributed by atoms with Crippen LogP contribution in [0.25, 0.3) is 0 Å². The van der Waals surface area contributed by atoms with Gasteiger partial charge in [0.2, 0.25) is 0 Å². The topological polar surface area (TPSA) is 72.2 Å². The molecule has 29 heavy (non-hydrogen) atoms. The molecule has 1 aliphatic rings. The van der Waals surface area contributed by atoms with E-state index in [1.54, 1.807) is 0 Å². The van der Waals surface area contributed by atoms with Gasteiger partial charge in [-0.3, -0.25) is 9.59 Å². The molecule has 1 N–H and O–H groups in total. The van der Waals surface area contributed by atoms with Crippen molar-refractivity contribution in [3.05, 3.63) is 52.1 Å². The lowest BCUT2D eigenvalue weighted by Crippen LogP contribution is -2.19. The number of aromatic nitrogens is 2. The minimum absolute atomic E-state index is 0.239. The van der Waals surface area contributed by atoms with Gasteiger partial charge in [-0.1, -0.05) is 62.1 Å². The zero-order valence-electron chi connectivity index (χ0n) is 16.9. The molecule has 2 aromatic rings. The van der Waals surface area contributed by atoms with Crippen LogP contribution in [0.15, 0.2) is 24.3 Å². The molecule has 1 fully saturated rings. The van der Waals surface area contributed by atoms with Gasteiger partial charge in [-0.15, -0.1) is 0 Å². The molecule has 6 heteroatoms. The Labute approximate surface area is 177 Å². The first-order valence-electron chi connectivity index (χ1n) is 10.6.